The molecule has 0 saturated carbocycles. The van der Waals surface area contributed by atoms with Gasteiger partial charge in [-0.15, -0.1) is 0 Å². The minimum atomic E-state index is -0.674. The molecule has 0 unspecified atom stereocenters. The van der Waals surface area contributed by atoms with Crippen molar-refractivity contribution in [2.24, 2.45) is 5.41 Å². The number of hydrogen-bond acceptors (Lipinski definition) is 3. The molecule has 2 saturated heterocycles. The van der Waals surface area contributed by atoms with Gasteiger partial charge in [-0.3, -0.25) is 9.59 Å². The van der Waals surface area contributed by atoms with Gasteiger partial charge in [-0.1, -0.05) is 17.7 Å². The van der Waals surface area contributed by atoms with Crippen molar-refractivity contribution in [3.63, 3.8) is 0 Å². The molecule has 2 fully saturated rings. The maximum Gasteiger partial charge on any atom is 0.256 e. The molecule has 5 nitrogen and oxygen atoms in total. The van der Waals surface area contributed by atoms with Gasteiger partial charge in [0, 0.05) is 32.6 Å². The number of rotatable bonds is 3. The molecule has 1 aromatic rings. The van der Waals surface area contributed by atoms with Gasteiger partial charge in [0.1, 0.15) is 0 Å². The van der Waals surface area contributed by atoms with Crippen LogP contribution in [0.15, 0.2) is 18.2 Å². The number of aliphatic hydroxyl groups is 1. The molecule has 2 aliphatic heterocycles. The van der Waals surface area contributed by atoms with Gasteiger partial charge in [0.25, 0.3) is 5.91 Å². The zero-order valence-corrected chi connectivity index (χ0v) is 14.8. The summed E-state index contributed by atoms with van der Waals surface area (Å²) in [7, 11) is 0. The Labute approximate surface area is 151 Å². The number of hydrogen-bond donors (Lipinski definition) is 1. The second-order valence-electron chi connectivity index (χ2n) is 6.93. The molecular formula is C18H22ClFN2O3. The first-order chi connectivity index (χ1) is 12.0. The predicted molar refractivity (Wildman–Crippen MR) is 91.9 cm³/mol. The number of likely N-dealkylation sites (tertiary alicyclic amines) is 2. The second kappa shape index (κ2) is 7.30. The fourth-order valence-electron chi connectivity index (χ4n) is 3.86. The minimum Gasteiger partial charge on any atom is -0.395 e. The fraction of sp³-hybridized carbons (Fsp3) is 0.556. The highest BCUT2D eigenvalue weighted by Gasteiger charge is 2.41. The summed E-state index contributed by atoms with van der Waals surface area (Å²) >= 11 is 5.77. The Morgan fingerprint density at radius 2 is 2.00 bits per heavy atom. The molecule has 0 atom stereocenters. The van der Waals surface area contributed by atoms with Crippen LogP contribution in [-0.2, 0) is 4.79 Å². The van der Waals surface area contributed by atoms with Gasteiger partial charge in [-0.25, -0.2) is 4.39 Å². The maximum absolute atomic E-state index is 14.1. The van der Waals surface area contributed by atoms with Crippen molar-refractivity contribution in [2.75, 3.05) is 32.8 Å². The summed E-state index contributed by atoms with van der Waals surface area (Å²) in [5.74, 6) is -0.931. The van der Waals surface area contributed by atoms with Crippen molar-refractivity contribution in [1.29, 1.82) is 0 Å². The number of β-amino-alcohol motifs (C(OH)–C–C–N with tert-alkyl or cyclic N) is 1. The summed E-state index contributed by atoms with van der Waals surface area (Å²) in [5, 5.41) is 9.07. The summed E-state index contributed by atoms with van der Waals surface area (Å²) in [6.45, 7) is 2.01. The zero-order valence-electron chi connectivity index (χ0n) is 14.0. The highest BCUT2D eigenvalue weighted by molar-refractivity contribution is 6.31. The van der Waals surface area contributed by atoms with Crippen LogP contribution < -0.4 is 0 Å². The van der Waals surface area contributed by atoms with E-state index in [9.17, 15) is 14.0 Å². The normalized spacial score (nSPS) is 20.2. The molecule has 0 bridgehead atoms. The Bertz CT molecular complexity index is 674. The average molecular weight is 369 g/mol. The van der Waals surface area contributed by atoms with Crippen molar-refractivity contribution in [3.05, 3.63) is 34.6 Å². The molecule has 7 heteroatoms. The Morgan fingerprint density at radius 3 is 2.68 bits per heavy atom. The molecule has 0 aromatic heterocycles. The highest BCUT2D eigenvalue weighted by Crippen LogP contribution is 2.40. The van der Waals surface area contributed by atoms with Crippen LogP contribution >= 0.6 is 11.6 Å². The lowest BCUT2D eigenvalue weighted by Gasteiger charge is -2.47. The van der Waals surface area contributed by atoms with Gasteiger partial charge < -0.3 is 14.9 Å². The van der Waals surface area contributed by atoms with E-state index in [4.69, 9.17) is 16.7 Å². The van der Waals surface area contributed by atoms with Crippen LogP contribution in [0.4, 0.5) is 4.39 Å². The van der Waals surface area contributed by atoms with E-state index in [1.807, 2.05) is 0 Å². The van der Waals surface area contributed by atoms with Gasteiger partial charge in [0.15, 0.2) is 5.82 Å². The van der Waals surface area contributed by atoms with Crippen molar-refractivity contribution >= 4 is 23.4 Å². The van der Waals surface area contributed by atoms with Gasteiger partial charge in [0.2, 0.25) is 5.91 Å². The van der Waals surface area contributed by atoms with E-state index in [1.165, 1.54) is 12.1 Å². The number of piperidine rings is 2. The van der Waals surface area contributed by atoms with E-state index in [0.717, 1.165) is 19.3 Å². The standard InChI is InChI=1S/C18H22ClFN2O3/c19-14-3-1-2-13(16(14)20)17(25)21-8-6-18(7-9-21)5-4-15(24)22(12-18)10-11-23/h1-3,23H,4-12H2. The third-order valence-corrected chi connectivity index (χ3v) is 5.70. The number of amides is 2. The monoisotopic (exact) mass is 368 g/mol. The molecule has 0 aliphatic carbocycles. The number of carbonyl (C=O) groups excluding carboxylic acids is 2. The van der Waals surface area contributed by atoms with Crippen molar-refractivity contribution in [3.8, 4) is 0 Å². The second-order valence-corrected chi connectivity index (χ2v) is 7.34. The molecule has 25 heavy (non-hydrogen) atoms. The Kier molecular flexibility index (Phi) is 5.29. The molecule has 136 valence electrons. The Balaban J connectivity index is 1.66. The molecule has 0 radical (unpaired) electrons. The third-order valence-electron chi connectivity index (χ3n) is 5.41. The lowest BCUT2D eigenvalue weighted by Crippen LogP contribution is -2.52. The Morgan fingerprint density at radius 1 is 1.28 bits per heavy atom. The number of benzene rings is 1. The summed E-state index contributed by atoms with van der Waals surface area (Å²) in [5.41, 5.74) is -0.00334. The molecule has 1 N–H and O–H groups in total. The summed E-state index contributed by atoms with van der Waals surface area (Å²) in [4.78, 5) is 27.9. The fourth-order valence-corrected chi connectivity index (χ4v) is 4.03. The number of aliphatic hydroxyl groups excluding tert-OH is 1. The first-order valence-corrected chi connectivity index (χ1v) is 8.95. The zero-order chi connectivity index (χ0) is 18.0. The predicted octanol–water partition coefficient (Wildman–Crippen LogP) is 2.32. The first-order valence-electron chi connectivity index (χ1n) is 8.58. The third kappa shape index (κ3) is 3.65. The SMILES string of the molecule is O=C1CCC2(CCN(C(=O)c3cccc(Cl)c3F)CC2)CN1CCO. The van der Waals surface area contributed by atoms with E-state index in [-0.39, 0.29) is 34.4 Å². The van der Waals surface area contributed by atoms with E-state index in [1.54, 1.807) is 15.9 Å². The van der Waals surface area contributed by atoms with E-state index < -0.39 is 5.82 Å². The molecule has 2 heterocycles. The Hall–Kier alpha value is -1.66. The largest absolute Gasteiger partial charge is 0.395 e. The molecule has 2 amide bonds. The summed E-state index contributed by atoms with van der Waals surface area (Å²) in [6.07, 6.45) is 2.84. The highest BCUT2D eigenvalue weighted by atomic mass is 35.5. The van der Waals surface area contributed by atoms with Crippen LogP contribution in [0.3, 0.4) is 0 Å². The van der Waals surface area contributed by atoms with Crippen LogP contribution in [0.1, 0.15) is 36.0 Å². The summed E-state index contributed by atoms with van der Waals surface area (Å²) in [6, 6.07) is 4.45. The smallest absolute Gasteiger partial charge is 0.256 e. The number of nitrogens with zero attached hydrogens (tertiary/aromatic N) is 2. The van der Waals surface area contributed by atoms with Crippen molar-refractivity contribution < 1.29 is 19.1 Å². The maximum atomic E-state index is 14.1. The molecule has 1 spiro atoms. The average Bonchev–Trinajstić information content (AvgIpc) is 2.61. The number of carbonyl (C=O) groups is 2. The topological polar surface area (TPSA) is 60.9 Å². The van der Waals surface area contributed by atoms with Crippen LogP contribution in [-0.4, -0.2) is 59.5 Å². The van der Waals surface area contributed by atoms with E-state index in [2.05, 4.69) is 0 Å². The molecule has 3 rings (SSSR count). The van der Waals surface area contributed by atoms with Crippen molar-refractivity contribution in [1.82, 2.24) is 9.80 Å². The molecular weight excluding hydrogens is 347 g/mol. The van der Waals surface area contributed by atoms with Gasteiger partial charge in [0.05, 0.1) is 17.2 Å². The van der Waals surface area contributed by atoms with Crippen LogP contribution in [0.2, 0.25) is 5.02 Å². The van der Waals surface area contributed by atoms with Crippen LogP contribution in [0.5, 0.6) is 0 Å². The lowest BCUT2D eigenvalue weighted by molar-refractivity contribution is -0.139. The van der Waals surface area contributed by atoms with Crippen LogP contribution in [0.25, 0.3) is 0 Å². The van der Waals surface area contributed by atoms with Gasteiger partial charge >= 0.3 is 0 Å². The first kappa shape index (κ1) is 18.1. The van der Waals surface area contributed by atoms with E-state index >= 15 is 0 Å². The minimum absolute atomic E-state index is 0.00387. The quantitative estimate of drug-likeness (QED) is 0.890. The molecule has 2 aliphatic rings. The van der Waals surface area contributed by atoms with Crippen molar-refractivity contribution in [2.45, 2.75) is 25.7 Å². The van der Waals surface area contributed by atoms with Gasteiger partial charge in [-0.2, -0.15) is 0 Å². The molecule has 1 aromatic carbocycles. The lowest BCUT2D eigenvalue weighted by atomic mass is 9.72. The summed E-state index contributed by atoms with van der Waals surface area (Å²) < 4.78 is 14.1. The van der Waals surface area contributed by atoms with Crippen LogP contribution in [0, 0.1) is 11.2 Å². The van der Waals surface area contributed by atoms with E-state index in [0.29, 0.717) is 32.6 Å². The van der Waals surface area contributed by atoms with Gasteiger partial charge in [-0.05, 0) is 36.8 Å². The number of halogens is 2.